The van der Waals surface area contributed by atoms with E-state index in [4.69, 9.17) is 20.8 Å². The molecule has 0 spiro atoms. The Balaban J connectivity index is 2.29. The third kappa shape index (κ3) is 2.98. The van der Waals surface area contributed by atoms with Gasteiger partial charge in [0, 0.05) is 17.0 Å². The fourth-order valence-electron chi connectivity index (χ4n) is 2.19. The van der Waals surface area contributed by atoms with Gasteiger partial charge in [0.1, 0.15) is 5.58 Å². The molecule has 3 aromatic rings. The SMILES string of the molecule is CCC(=O)Oc1c(-c2ccc(Cl)cc2)oc2ccccc2c1=O. The third-order valence-corrected chi connectivity index (χ3v) is 3.62. The minimum Gasteiger partial charge on any atom is -0.452 e. The van der Waals surface area contributed by atoms with Gasteiger partial charge in [0.05, 0.1) is 5.39 Å². The van der Waals surface area contributed by atoms with Crippen molar-refractivity contribution in [1.82, 2.24) is 0 Å². The Morgan fingerprint density at radius 2 is 1.83 bits per heavy atom. The van der Waals surface area contributed by atoms with Crippen molar-refractivity contribution in [2.24, 2.45) is 0 Å². The summed E-state index contributed by atoms with van der Waals surface area (Å²) in [6.07, 6.45) is 0.159. The summed E-state index contributed by atoms with van der Waals surface area (Å²) in [5.41, 5.74) is 0.661. The number of rotatable bonds is 3. The molecule has 0 unspecified atom stereocenters. The molecule has 0 atom stereocenters. The highest BCUT2D eigenvalue weighted by Gasteiger charge is 2.19. The average Bonchev–Trinajstić information content (AvgIpc) is 2.58. The van der Waals surface area contributed by atoms with E-state index >= 15 is 0 Å². The molecular formula is C18H13ClO4. The Morgan fingerprint density at radius 1 is 1.13 bits per heavy atom. The van der Waals surface area contributed by atoms with Crippen LogP contribution in [-0.2, 0) is 4.79 Å². The first-order valence-corrected chi connectivity index (χ1v) is 7.50. The number of hydrogen-bond donors (Lipinski definition) is 0. The molecule has 0 bridgehead atoms. The Hall–Kier alpha value is -2.59. The van der Waals surface area contributed by atoms with Gasteiger partial charge in [0.15, 0.2) is 5.76 Å². The van der Waals surface area contributed by atoms with Gasteiger partial charge in [-0.1, -0.05) is 30.7 Å². The number of ether oxygens (including phenoxy) is 1. The van der Waals surface area contributed by atoms with Crippen LogP contribution in [-0.4, -0.2) is 5.97 Å². The Bertz CT molecular complexity index is 926. The highest BCUT2D eigenvalue weighted by atomic mass is 35.5. The van der Waals surface area contributed by atoms with Gasteiger partial charge in [0.2, 0.25) is 11.2 Å². The maximum atomic E-state index is 12.7. The van der Waals surface area contributed by atoms with E-state index in [9.17, 15) is 9.59 Å². The van der Waals surface area contributed by atoms with Gasteiger partial charge in [-0.3, -0.25) is 9.59 Å². The summed E-state index contributed by atoms with van der Waals surface area (Å²) in [6, 6.07) is 13.6. The average molecular weight is 329 g/mol. The van der Waals surface area contributed by atoms with Crippen molar-refractivity contribution in [3.05, 3.63) is 63.8 Å². The second-order valence-corrected chi connectivity index (χ2v) is 5.36. The summed E-state index contributed by atoms with van der Waals surface area (Å²) in [5, 5.41) is 0.924. The molecule has 1 aromatic heterocycles. The molecule has 23 heavy (non-hydrogen) atoms. The van der Waals surface area contributed by atoms with Gasteiger partial charge in [-0.05, 0) is 36.4 Å². The predicted octanol–water partition coefficient (Wildman–Crippen LogP) is 4.43. The molecule has 2 aromatic carbocycles. The van der Waals surface area contributed by atoms with E-state index < -0.39 is 5.97 Å². The fourth-order valence-corrected chi connectivity index (χ4v) is 2.32. The van der Waals surface area contributed by atoms with Crippen LogP contribution in [0.25, 0.3) is 22.3 Å². The smallest absolute Gasteiger partial charge is 0.311 e. The lowest BCUT2D eigenvalue weighted by Crippen LogP contribution is -2.15. The molecule has 0 radical (unpaired) electrons. The molecule has 3 rings (SSSR count). The summed E-state index contributed by atoms with van der Waals surface area (Å²) in [6.45, 7) is 1.66. The van der Waals surface area contributed by atoms with Gasteiger partial charge in [0.25, 0.3) is 0 Å². The van der Waals surface area contributed by atoms with Crippen molar-refractivity contribution in [3.8, 4) is 17.1 Å². The van der Waals surface area contributed by atoms with Crippen LogP contribution in [0.15, 0.2) is 57.7 Å². The first kappa shape index (κ1) is 15.3. The quantitative estimate of drug-likeness (QED) is 0.667. The van der Waals surface area contributed by atoms with Crippen molar-refractivity contribution in [3.63, 3.8) is 0 Å². The molecule has 0 N–H and O–H groups in total. The van der Waals surface area contributed by atoms with Crippen molar-refractivity contribution >= 4 is 28.5 Å². The van der Waals surface area contributed by atoms with Crippen molar-refractivity contribution in [2.45, 2.75) is 13.3 Å². The van der Waals surface area contributed by atoms with Crippen LogP contribution in [0, 0.1) is 0 Å². The van der Waals surface area contributed by atoms with Crippen LogP contribution < -0.4 is 10.2 Å². The maximum Gasteiger partial charge on any atom is 0.311 e. The number of benzene rings is 2. The van der Waals surface area contributed by atoms with Crippen LogP contribution in [0.2, 0.25) is 5.02 Å². The minimum absolute atomic E-state index is 0.0992. The number of hydrogen-bond acceptors (Lipinski definition) is 4. The van der Waals surface area contributed by atoms with E-state index in [1.807, 2.05) is 0 Å². The minimum atomic E-state index is -0.497. The highest BCUT2D eigenvalue weighted by molar-refractivity contribution is 6.30. The normalized spacial score (nSPS) is 10.7. The topological polar surface area (TPSA) is 56.5 Å². The molecule has 0 saturated heterocycles. The maximum absolute atomic E-state index is 12.7. The first-order chi connectivity index (χ1) is 11.1. The van der Waals surface area contributed by atoms with E-state index in [0.717, 1.165) is 0 Å². The number of esters is 1. The van der Waals surface area contributed by atoms with Crippen molar-refractivity contribution < 1.29 is 13.9 Å². The zero-order chi connectivity index (χ0) is 16.4. The van der Waals surface area contributed by atoms with E-state index in [1.165, 1.54) is 0 Å². The fraction of sp³-hybridized carbons (Fsp3) is 0.111. The van der Waals surface area contributed by atoms with E-state index in [2.05, 4.69) is 0 Å². The van der Waals surface area contributed by atoms with Crippen LogP contribution in [0.5, 0.6) is 5.75 Å². The van der Waals surface area contributed by atoms with Crippen molar-refractivity contribution in [1.29, 1.82) is 0 Å². The third-order valence-electron chi connectivity index (χ3n) is 3.37. The Labute approximate surface area is 137 Å². The molecule has 0 aliphatic rings. The van der Waals surface area contributed by atoms with Crippen LogP contribution >= 0.6 is 11.6 Å². The molecule has 0 saturated carbocycles. The molecular weight excluding hydrogens is 316 g/mol. The van der Waals surface area contributed by atoms with Crippen LogP contribution in [0.4, 0.5) is 0 Å². The first-order valence-electron chi connectivity index (χ1n) is 7.12. The van der Waals surface area contributed by atoms with Crippen LogP contribution in [0.3, 0.4) is 0 Å². The Kier molecular flexibility index (Phi) is 4.17. The summed E-state index contributed by atoms with van der Waals surface area (Å²) < 4.78 is 11.1. The van der Waals surface area contributed by atoms with Crippen molar-refractivity contribution in [2.75, 3.05) is 0 Å². The van der Waals surface area contributed by atoms with E-state index in [-0.39, 0.29) is 23.4 Å². The van der Waals surface area contributed by atoms with Gasteiger partial charge in [-0.25, -0.2) is 0 Å². The van der Waals surface area contributed by atoms with Gasteiger partial charge in [-0.15, -0.1) is 0 Å². The van der Waals surface area contributed by atoms with Gasteiger partial charge < -0.3 is 9.15 Å². The number of halogens is 1. The number of fused-ring (bicyclic) bond motifs is 1. The molecule has 0 fully saturated rings. The zero-order valence-corrected chi connectivity index (χ0v) is 13.1. The summed E-state index contributed by atoms with van der Waals surface area (Å²) >= 11 is 5.89. The lowest BCUT2D eigenvalue weighted by Gasteiger charge is -2.10. The predicted molar refractivity (Wildman–Crippen MR) is 88.9 cm³/mol. The molecule has 4 nitrogen and oxygen atoms in total. The molecule has 0 amide bonds. The number of carbonyl (C=O) groups is 1. The van der Waals surface area contributed by atoms with E-state index in [0.29, 0.717) is 21.6 Å². The van der Waals surface area contributed by atoms with Crippen LogP contribution in [0.1, 0.15) is 13.3 Å². The number of carbonyl (C=O) groups excluding carboxylic acids is 1. The standard InChI is InChI=1S/C18H13ClO4/c1-2-15(20)23-18-16(21)13-5-3-4-6-14(13)22-17(18)11-7-9-12(19)10-8-11/h3-10H,2H2,1H3. The Morgan fingerprint density at radius 3 is 2.52 bits per heavy atom. The number of para-hydroxylation sites is 1. The lowest BCUT2D eigenvalue weighted by atomic mass is 10.1. The highest BCUT2D eigenvalue weighted by Crippen LogP contribution is 2.31. The molecule has 5 heteroatoms. The largest absolute Gasteiger partial charge is 0.452 e. The second kappa shape index (κ2) is 6.26. The molecule has 0 aliphatic carbocycles. The summed E-state index contributed by atoms with van der Waals surface area (Å²) in [4.78, 5) is 24.4. The van der Waals surface area contributed by atoms with Gasteiger partial charge >= 0.3 is 5.97 Å². The summed E-state index contributed by atoms with van der Waals surface area (Å²) in [7, 11) is 0. The summed E-state index contributed by atoms with van der Waals surface area (Å²) in [5.74, 6) is -0.382. The molecule has 0 aliphatic heterocycles. The molecule has 1 heterocycles. The lowest BCUT2D eigenvalue weighted by molar-refractivity contribution is -0.134. The molecule has 116 valence electrons. The second-order valence-electron chi connectivity index (χ2n) is 4.92. The monoisotopic (exact) mass is 328 g/mol. The van der Waals surface area contributed by atoms with E-state index in [1.54, 1.807) is 55.5 Å². The zero-order valence-electron chi connectivity index (χ0n) is 12.3. The van der Waals surface area contributed by atoms with Gasteiger partial charge in [-0.2, -0.15) is 0 Å².